The van der Waals surface area contributed by atoms with Crippen LogP contribution >= 0.6 is 15.9 Å². The van der Waals surface area contributed by atoms with Crippen LogP contribution in [-0.4, -0.2) is 12.0 Å². The first kappa shape index (κ1) is 12.2. The van der Waals surface area contributed by atoms with E-state index in [0.29, 0.717) is 5.56 Å². The van der Waals surface area contributed by atoms with E-state index in [9.17, 15) is 4.79 Å². The van der Waals surface area contributed by atoms with Crippen molar-refractivity contribution in [2.24, 2.45) is 0 Å². The van der Waals surface area contributed by atoms with Crippen LogP contribution in [0, 0.1) is 6.92 Å². The number of aryl methyl sites for hydroxylation is 1. The van der Waals surface area contributed by atoms with Crippen molar-refractivity contribution in [3.8, 4) is 0 Å². The van der Waals surface area contributed by atoms with Crippen LogP contribution in [0.5, 0.6) is 0 Å². The first-order valence-electron chi connectivity index (χ1n) is 4.73. The molecular weight excluding hydrogens is 258 g/mol. The lowest BCUT2D eigenvalue weighted by Gasteiger charge is -2.09. The van der Waals surface area contributed by atoms with E-state index in [0.717, 1.165) is 10.0 Å². The second-order valence-corrected chi connectivity index (χ2v) is 4.42. The molecule has 0 heterocycles. The third-order valence-electron chi connectivity index (χ3n) is 1.82. The van der Waals surface area contributed by atoms with Crippen molar-refractivity contribution < 1.29 is 9.63 Å². The third-order valence-corrected chi connectivity index (χ3v) is 2.68. The van der Waals surface area contributed by atoms with Gasteiger partial charge in [-0.05, 0) is 38.5 Å². The van der Waals surface area contributed by atoms with Crippen LogP contribution < -0.4 is 5.48 Å². The molecule has 0 radical (unpaired) electrons. The minimum Gasteiger partial charge on any atom is -0.271 e. The number of nitrogens with one attached hydrogen (secondary N) is 1. The molecule has 0 aromatic heterocycles. The van der Waals surface area contributed by atoms with Crippen molar-refractivity contribution in [1.29, 1.82) is 0 Å². The maximum Gasteiger partial charge on any atom is 0.274 e. The Morgan fingerprint density at radius 1 is 1.47 bits per heavy atom. The second-order valence-electron chi connectivity index (χ2n) is 3.56. The van der Waals surface area contributed by atoms with Gasteiger partial charge in [0.15, 0.2) is 0 Å². The van der Waals surface area contributed by atoms with Crippen LogP contribution in [0.4, 0.5) is 0 Å². The Bertz CT molecular complexity index is 364. The Labute approximate surface area is 97.9 Å². The molecule has 0 atom stereocenters. The highest BCUT2D eigenvalue weighted by molar-refractivity contribution is 9.10. The van der Waals surface area contributed by atoms with Crippen molar-refractivity contribution >= 4 is 21.8 Å². The second kappa shape index (κ2) is 5.28. The molecule has 82 valence electrons. The number of hydrogen-bond acceptors (Lipinski definition) is 2. The van der Waals surface area contributed by atoms with Gasteiger partial charge in [0.1, 0.15) is 0 Å². The zero-order valence-corrected chi connectivity index (χ0v) is 10.6. The monoisotopic (exact) mass is 271 g/mol. The van der Waals surface area contributed by atoms with E-state index in [-0.39, 0.29) is 12.0 Å². The number of carbonyl (C=O) groups excluding carboxylic acids is 1. The molecule has 1 N–H and O–H groups in total. The van der Waals surface area contributed by atoms with E-state index in [1.54, 1.807) is 12.1 Å². The molecule has 0 aliphatic carbocycles. The van der Waals surface area contributed by atoms with Crippen molar-refractivity contribution in [2.45, 2.75) is 26.9 Å². The molecule has 4 heteroatoms. The number of amides is 1. The van der Waals surface area contributed by atoms with Crippen LogP contribution in [0.2, 0.25) is 0 Å². The summed E-state index contributed by atoms with van der Waals surface area (Å²) in [6, 6.07) is 5.42. The van der Waals surface area contributed by atoms with Crippen LogP contribution in [0.3, 0.4) is 0 Å². The minimum atomic E-state index is -0.232. The number of hydrogen-bond donors (Lipinski definition) is 1. The Hall–Kier alpha value is -0.870. The molecule has 0 aliphatic rings. The lowest BCUT2D eigenvalue weighted by atomic mass is 10.1. The van der Waals surface area contributed by atoms with Crippen LogP contribution in [0.15, 0.2) is 22.7 Å². The SMILES string of the molecule is Cc1ccc(C(=O)NOC(C)C)cc1Br. The zero-order chi connectivity index (χ0) is 11.4. The van der Waals surface area contributed by atoms with Gasteiger partial charge in [0.25, 0.3) is 5.91 Å². The molecule has 1 aromatic carbocycles. The first-order chi connectivity index (χ1) is 7.00. The van der Waals surface area contributed by atoms with E-state index in [2.05, 4.69) is 21.4 Å². The minimum absolute atomic E-state index is 0.0251. The molecule has 0 aliphatic heterocycles. The van der Waals surface area contributed by atoms with Crippen molar-refractivity contribution in [2.75, 3.05) is 0 Å². The molecule has 1 amide bonds. The summed E-state index contributed by atoms with van der Waals surface area (Å²) in [4.78, 5) is 16.6. The van der Waals surface area contributed by atoms with Gasteiger partial charge in [0.05, 0.1) is 6.10 Å². The van der Waals surface area contributed by atoms with Gasteiger partial charge in [-0.3, -0.25) is 9.63 Å². The quantitative estimate of drug-likeness (QED) is 0.859. The highest BCUT2D eigenvalue weighted by Gasteiger charge is 2.07. The number of halogens is 1. The smallest absolute Gasteiger partial charge is 0.271 e. The van der Waals surface area contributed by atoms with Crippen molar-refractivity contribution in [3.05, 3.63) is 33.8 Å². The third kappa shape index (κ3) is 3.64. The molecule has 0 bridgehead atoms. The van der Waals surface area contributed by atoms with Gasteiger partial charge in [-0.15, -0.1) is 0 Å². The van der Waals surface area contributed by atoms with E-state index in [4.69, 9.17) is 4.84 Å². The van der Waals surface area contributed by atoms with Gasteiger partial charge in [0.2, 0.25) is 0 Å². The lowest BCUT2D eigenvalue weighted by Crippen LogP contribution is -2.26. The summed E-state index contributed by atoms with van der Waals surface area (Å²) in [5.74, 6) is -0.232. The topological polar surface area (TPSA) is 38.3 Å². The zero-order valence-electron chi connectivity index (χ0n) is 9.00. The highest BCUT2D eigenvalue weighted by Crippen LogP contribution is 2.17. The summed E-state index contributed by atoms with van der Waals surface area (Å²) >= 11 is 3.37. The summed E-state index contributed by atoms with van der Waals surface area (Å²) in [5, 5.41) is 0. The number of rotatable bonds is 3. The summed E-state index contributed by atoms with van der Waals surface area (Å²) in [7, 11) is 0. The summed E-state index contributed by atoms with van der Waals surface area (Å²) in [6.45, 7) is 5.67. The van der Waals surface area contributed by atoms with E-state index < -0.39 is 0 Å². The van der Waals surface area contributed by atoms with Crippen LogP contribution in [0.25, 0.3) is 0 Å². The molecule has 0 spiro atoms. The van der Waals surface area contributed by atoms with Gasteiger partial charge in [0, 0.05) is 10.0 Å². The molecular formula is C11H14BrNO2. The van der Waals surface area contributed by atoms with E-state index >= 15 is 0 Å². The van der Waals surface area contributed by atoms with Gasteiger partial charge < -0.3 is 0 Å². The Morgan fingerprint density at radius 3 is 2.67 bits per heavy atom. The Morgan fingerprint density at radius 2 is 2.13 bits per heavy atom. The largest absolute Gasteiger partial charge is 0.274 e. The molecule has 0 saturated heterocycles. The number of carbonyl (C=O) groups is 1. The van der Waals surface area contributed by atoms with Gasteiger partial charge in [-0.25, -0.2) is 5.48 Å². The normalized spacial score (nSPS) is 10.5. The standard InChI is InChI=1S/C11H14BrNO2/c1-7(2)15-13-11(14)9-5-4-8(3)10(12)6-9/h4-7H,1-3H3,(H,13,14). The van der Waals surface area contributed by atoms with Crippen molar-refractivity contribution in [1.82, 2.24) is 5.48 Å². The first-order valence-corrected chi connectivity index (χ1v) is 5.52. The number of benzene rings is 1. The average molecular weight is 272 g/mol. The van der Waals surface area contributed by atoms with Crippen LogP contribution in [0.1, 0.15) is 29.8 Å². The van der Waals surface area contributed by atoms with Gasteiger partial charge in [-0.1, -0.05) is 22.0 Å². The Balaban J connectivity index is 2.70. The molecule has 0 unspecified atom stereocenters. The summed E-state index contributed by atoms with van der Waals surface area (Å²) in [5.41, 5.74) is 4.06. The molecule has 1 rings (SSSR count). The lowest BCUT2D eigenvalue weighted by molar-refractivity contribution is 0.000185. The molecule has 0 saturated carbocycles. The maximum absolute atomic E-state index is 11.6. The van der Waals surface area contributed by atoms with E-state index in [1.807, 2.05) is 26.8 Å². The molecule has 15 heavy (non-hydrogen) atoms. The van der Waals surface area contributed by atoms with Gasteiger partial charge in [-0.2, -0.15) is 0 Å². The fourth-order valence-electron chi connectivity index (χ4n) is 0.964. The highest BCUT2D eigenvalue weighted by atomic mass is 79.9. The predicted octanol–water partition coefficient (Wildman–Crippen LogP) is 2.83. The van der Waals surface area contributed by atoms with E-state index in [1.165, 1.54) is 0 Å². The maximum atomic E-state index is 11.6. The van der Waals surface area contributed by atoms with Crippen molar-refractivity contribution in [3.63, 3.8) is 0 Å². The summed E-state index contributed by atoms with van der Waals surface area (Å²) < 4.78 is 0.916. The fourth-order valence-corrected chi connectivity index (χ4v) is 1.34. The molecule has 1 aromatic rings. The molecule has 0 fully saturated rings. The number of hydroxylamine groups is 1. The van der Waals surface area contributed by atoms with Gasteiger partial charge >= 0.3 is 0 Å². The van der Waals surface area contributed by atoms with Crippen LogP contribution in [-0.2, 0) is 4.84 Å². The molecule has 3 nitrogen and oxygen atoms in total. The summed E-state index contributed by atoms with van der Waals surface area (Å²) in [6.07, 6.45) is -0.0251. The predicted molar refractivity (Wildman–Crippen MR) is 62.6 cm³/mol. The average Bonchev–Trinajstić information content (AvgIpc) is 2.18. The fraction of sp³-hybridized carbons (Fsp3) is 0.364. The Kier molecular flexibility index (Phi) is 4.29.